The van der Waals surface area contributed by atoms with Crippen LogP contribution in [0.4, 0.5) is 0 Å². The lowest BCUT2D eigenvalue weighted by Gasteiger charge is -2.31. The summed E-state index contributed by atoms with van der Waals surface area (Å²) in [5, 5.41) is 3.81. The number of carbonyl (C=O) groups is 1. The normalized spacial score (nSPS) is 20.2. The van der Waals surface area contributed by atoms with E-state index >= 15 is 0 Å². The van der Waals surface area contributed by atoms with Crippen LogP contribution in [0.15, 0.2) is 60.7 Å². The zero-order valence-corrected chi connectivity index (χ0v) is 15.2. The molecule has 2 saturated heterocycles. The van der Waals surface area contributed by atoms with E-state index in [1.54, 1.807) is 4.90 Å². The molecule has 0 bridgehead atoms. The first-order chi connectivity index (χ1) is 12.7. The Hall–Kier alpha value is -2.28. The molecule has 4 rings (SSSR count). The van der Waals surface area contributed by atoms with Crippen LogP contribution in [0.5, 0.6) is 0 Å². The maximum absolute atomic E-state index is 13.6. The van der Waals surface area contributed by atoms with Crippen LogP contribution in [-0.2, 0) is 15.1 Å². The molecule has 0 aromatic heterocycles. The Kier molecular flexibility index (Phi) is 4.72. The van der Waals surface area contributed by atoms with Crippen LogP contribution in [0, 0.1) is 0 Å². The fourth-order valence-electron chi connectivity index (χ4n) is 3.58. The van der Waals surface area contributed by atoms with E-state index in [-0.39, 0.29) is 5.91 Å². The second kappa shape index (κ2) is 7.15. The van der Waals surface area contributed by atoms with Gasteiger partial charge in [-0.05, 0) is 23.3 Å². The van der Waals surface area contributed by atoms with Crippen molar-refractivity contribution in [2.45, 2.75) is 5.54 Å². The number of hydrogen-bond donors (Lipinski definition) is 1. The van der Waals surface area contributed by atoms with Gasteiger partial charge >= 0.3 is 0 Å². The van der Waals surface area contributed by atoms with Gasteiger partial charge in [0.15, 0.2) is 10.7 Å². The Labute approximate surface area is 158 Å². The van der Waals surface area contributed by atoms with Gasteiger partial charge in [-0.1, -0.05) is 60.7 Å². The number of nitrogens with zero attached hydrogens (tertiary/aromatic N) is 2. The van der Waals surface area contributed by atoms with Gasteiger partial charge < -0.3 is 10.1 Å². The highest BCUT2D eigenvalue weighted by molar-refractivity contribution is 7.80. The summed E-state index contributed by atoms with van der Waals surface area (Å²) in [6, 6.07) is 19.6. The number of thiocarbonyl (C=S) groups is 1. The molecule has 0 radical (unpaired) electrons. The maximum Gasteiger partial charge on any atom is 0.264 e. The van der Waals surface area contributed by atoms with E-state index in [0.717, 1.165) is 24.2 Å². The molecule has 5 nitrogen and oxygen atoms in total. The molecule has 6 heteroatoms. The van der Waals surface area contributed by atoms with Crippen molar-refractivity contribution in [3.8, 4) is 0 Å². The molecule has 26 heavy (non-hydrogen) atoms. The molecule has 134 valence electrons. The first kappa shape index (κ1) is 17.1. The number of amides is 1. The molecule has 1 N–H and O–H groups in total. The van der Waals surface area contributed by atoms with E-state index in [4.69, 9.17) is 17.0 Å². The van der Waals surface area contributed by atoms with Gasteiger partial charge in [-0.2, -0.15) is 0 Å². The van der Waals surface area contributed by atoms with Crippen molar-refractivity contribution in [2.75, 3.05) is 33.0 Å². The zero-order chi connectivity index (χ0) is 18.0. The summed E-state index contributed by atoms with van der Waals surface area (Å²) in [7, 11) is 0. The molecule has 2 fully saturated rings. The van der Waals surface area contributed by atoms with Gasteiger partial charge in [-0.25, -0.2) is 0 Å². The lowest BCUT2D eigenvalue weighted by molar-refractivity contribution is -0.132. The minimum absolute atomic E-state index is 0.0357. The molecule has 2 aromatic rings. The fourth-order valence-corrected chi connectivity index (χ4v) is 3.88. The van der Waals surface area contributed by atoms with E-state index in [9.17, 15) is 4.79 Å². The van der Waals surface area contributed by atoms with Gasteiger partial charge in [-0.15, -0.1) is 0 Å². The van der Waals surface area contributed by atoms with Gasteiger partial charge in [0.25, 0.3) is 5.91 Å². The minimum atomic E-state index is -0.980. The number of carbonyl (C=O) groups excluding carboxylic acids is 1. The highest BCUT2D eigenvalue weighted by Gasteiger charge is 2.52. The molecule has 0 saturated carbocycles. The Balaban J connectivity index is 1.73. The quantitative estimate of drug-likeness (QED) is 0.837. The van der Waals surface area contributed by atoms with Gasteiger partial charge in [-0.3, -0.25) is 14.6 Å². The SMILES string of the molecule is O=C1N(CN2CCOCC2)C(=S)NC1(c1ccccc1)c1ccccc1. The summed E-state index contributed by atoms with van der Waals surface area (Å²) in [5.74, 6) is -0.0357. The molecular weight excluding hydrogens is 346 g/mol. The summed E-state index contributed by atoms with van der Waals surface area (Å²) >= 11 is 5.57. The van der Waals surface area contributed by atoms with Crippen LogP contribution in [0.2, 0.25) is 0 Å². The van der Waals surface area contributed by atoms with Crippen LogP contribution in [0.3, 0.4) is 0 Å². The highest BCUT2D eigenvalue weighted by Crippen LogP contribution is 2.36. The molecule has 2 aromatic carbocycles. The number of morpholine rings is 1. The van der Waals surface area contributed by atoms with Crippen LogP contribution in [0.25, 0.3) is 0 Å². The van der Waals surface area contributed by atoms with E-state index < -0.39 is 5.54 Å². The van der Waals surface area contributed by atoms with Crippen LogP contribution < -0.4 is 5.32 Å². The summed E-state index contributed by atoms with van der Waals surface area (Å²) in [5.41, 5.74) is 0.803. The van der Waals surface area contributed by atoms with E-state index in [1.165, 1.54) is 0 Å². The van der Waals surface area contributed by atoms with Crippen molar-refractivity contribution >= 4 is 23.2 Å². The van der Waals surface area contributed by atoms with Crippen LogP contribution >= 0.6 is 12.2 Å². The monoisotopic (exact) mass is 367 g/mol. The topological polar surface area (TPSA) is 44.8 Å². The maximum atomic E-state index is 13.6. The fraction of sp³-hybridized carbons (Fsp3) is 0.300. The lowest BCUT2D eigenvalue weighted by atomic mass is 9.83. The predicted octanol–water partition coefficient (Wildman–Crippen LogP) is 1.94. The van der Waals surface area contributed by atoms with Crippen molar-refractivity contribution in [1.29, 1.82) is 0 Å². The Bertz CT molecular complexity index is 752. The largest absolute Gasteiger partial charge is 0.379 e. The molecule has 2 heterocycles. The molecule has 0 atom stereocenters. The summed E-state index contributed by atoms with van der Waals surface area (Å²) in [6.45, 7) is 3.46. The molecule has 2 aliphatic rings. The third-order valence-corrected chi connectivity index (χ3v) is 5.29. The van der Waals surface area contributed by atoms with Gasteiger partial charge in [0, 0.05) is 13.1 Å². The first-order valence-electron chi connectivity index (χ1n) is 8.77. The molecule has 0 unspecified atom stereocenters. The Morgan fingerprint density at radius 3 is 2.04 bits per heavy atom. The number of ether oxygens (including phenoxy) is 1. The average Bonchev–Trinajstić information content (AvgIpc) is 2.96. The molecule has 2 aliphatic heterocycles. The standard InChI is InChI=1S/C20H21N3O2S/c24-18-20(16-7-3-1-4-8-16,17-9-5-2-6-10-17)21-19(26)23(18)15-22-11-13-25-14-12-22/h1-10H,11-15H2,(H,21,26). The molecular formula is C20H21N3O2S. The first-order valence-corrected chi connectivity index (χ1v) is 9.18. The smallest absolute Gasteiger partial charge is 0.264 e. The van der Waals surface area contributed by atoms with E-state index in [1.807, 2.05) is 60.7 Å². The van der Waals surface area contributed by atoms with Crippen LogP contribution in [-0.4, -0.2) is 53.8 Å². The van der Waals surface area contributed by atoms with Gasteiger partial charge in [0.1, 0.15) is 0 Å². The zero-order valence-electron chi connectivity index (χ0n) is 14.4. The van der Waals surface area contributed by atoms with Gasteiger partial charge in [0.05, 0.1) is 19.9 Å². The second-order valence-electron chi connectivity index (χ2n) is 6.52. The van der Waals surface area contributed by atoms with Crippen molar-refractivity contribution < 1.29 is 9.53 Å². The van der Waals surface area contributed by atoms with E-state index in [0.29, 0.717) is 25.0 Å². The number of rotatable bonds is 4. The number of nitrogens with one attached hydrogen (secondary N) is 1. The molecule has 0 aliphatic carbocycles. The highest BCUT2D eigenvalue weighted by atomic mass is 32.1. The van der Waals surface area contributed by atoms with Crippen molar-refractivity contribution in [1.82, 2.24) is 15.1 Å². The van der Waals surface area contributed by atoms with Crippen molar-refractivity contribution in [3.63, 3.8) is 0 Å². The Morgan fingerprint density at radius 2 is 1.50 bits per heavy atom. The van der Waals surface area contributed by atoms with E-state index in [2.05, 4.69) is 10.2 Å². The third kappa shape index (κ3) is 2.90. The molecule has 0 spiro atoms. The third-order valence-electron chi connectivity index (χ3n) is 4.96. The lowest BCUT2D eigenvalue weighted by Crippen LogP contribution is -2.48. The second-order valence-corrected chi connectivity index (χ2v) is 6.90. The number of benzene rings is 2. The summed E-state index contributed by atoms with van der Waals surface area (Å²) in [6.07, 6.45) is 0. The van der Waals surface area contributed by atoms with Gasteiger partial charge in [0.2, 0.25) is 0 Å². The van der Waals surface area contributed by atoms with Crippen LogP contribution in [0.1, 0.15) is 11.1 Å². The minimum Gasteiger partial charge on any atom is -0.379 e. The van der Waals surface area contributed by atoms with Crippen molar-refractivity contribution in [2.24, 2.45) is 0 Å². The summed E-state index contributed by atoms with van der Waals surface area (Å²) in [4.78, 5) is 17.5. The average molecular weight is 367 g/mol. The number of hydrogen-bond acceptors (Lipinski definition) is 4. The summed E-state index contributed by atoms with van der Waals surface area (Å²) < 4.78 is 5.40. The predicted molar refractivity (Wildman–Crippen MR) is 104 cm³/mol. The molecule has 1 amide bonds. The Morgan fingerprint density at radius 1 is 0.962 bits per heavy atom. The van der Waals surface area contributed by atoms with Crippen molar-refractivity contribution in [3.05, 3.63) is 71.8 Å².